The Hall–Kier alpha value is -0.260. The Kier molecular flexibility index (Phi) is 0.987. The number of rotatable bonds is 1. The Morgan fingerprint density at radius 3 is 2.91 bits per heavy atom. The fourth-order valence-electron chi connectivity index (χ4n) is 3.62. The van der Waals surface area contributed by atoms with Gasteiger partial charge in [0.25, 0.3) is 0 Å². The Morgan fingerprint density at radius 1 is 1.45 bits per heavy atom. The number of hydrogen-bond acceptors (Lipinski definition) is 0. The van der Waals surface area contributed by atoms with E-state index in [4.69, 9.17) is 0 Å². The topological polar surface area (TPSA) is 0 Å². The summed E-state index contributed by atoms with van der Waals surface area (Å²) in [4.78, 5) is 0. The zero-order chi connectivity index (χ0) is 7.59. The van der Waals surface area contributed by atoms with Gasteiger partial charge in [-0.1, -0.05) is 25.5 Å². The van der Waals surface area contributed by atoms with Crippen LogP contribution in [0.25, 0.3) is 0 Å². The van der Waals surface area contributed by atoms with Gasteiger partial charge in [-0.25, -0.2) is 0 Å². The highest BCUT2D eigenvalue weighted by molar-refractivity contribution is 5.28. The molecule has 0 heterocycles. The van der Waals surface area contributed by atoms with Gasteiger partial charge in [-0.3, -0.25) is 0 Å². The van der Waals surface area contributed by atoms with Crippen LogP contribution in [0.1, 0.15) is 26.7 Å². The summed E-state index contributed by atoms with van der Waals surface area (Å²) in [5.74, 6) is 5.50. The lowest BCUT2D eigenvalue weighted by Gasteiger charge is -2.28. The number of hydrogen-bond donors (Lipinski definition) is 0. The van der Waals surface area contributed by atoms with Crippen molar-refractivity contribution in [2.75, 3.05) is 0 Å². The minimum atomic E-state index is 1.03. The molecule has 0 aliphatic heterocycles. The molecule has 5 unspecified atom stereocenters. The molecule has 0 aromatic rings. The van der Waals surface area contributed by atoms with Crippen LogP contribution in [0.15, 0.2) is 11.6 Å². The van der Waals surface area contributed by atoms with Crippen LogP contribution in [0.3, 0.4) is 0 Å². The molecule has 0 aromatic heterocycles. The molecule has 5 atom stereocenters. The Bertz CT molecular complexity index is 226. The molecular formula is C11H16. The lowest BCUT2D eigenvalue weighted by molar-refractivity contribution is 0.222. The van der Waals surface area contributed by atoms with Crippen molar-refractivity contribution in [2.24, 2.45) is 29.6 Å². The summed E-state index contributed by atoms with van der Waals surface area (Å²) in [6.07, 6.45) is 5.35. The van der Waals surface area contributed by atoms with E-state index in [0.717, 1.165) is 29.6 Å². The van der Waals surface area contributed by atoms with Crippen molar-refractivity contribution >= 4 is 0 Å². The molecule has 3 aliphatic rings. The van der Waals surface area contributed by atoms with E-state index in [0.29, 0.717) is 0 Å². The van der Waals surface area contributed by atoms with Gasteiger partial charge in [0, 0.05) is 0 Å². The van der Waals surface area contributed by atoms with Crippen molar-refractivity contribution < 1.29 is 0 Å². The molecule has 0 N–H and O–H groups in total. The summed E-state index contributed by atoms with van der Waals surface area (Å²) < 4.78 is 0. The minimum absolute atomic E-state index is 1.03. The first-order chi connectivity index (χ1) is 5.33. The van der Waals surface area contributed by atoms with Gasteiger partial charge < -0.3 is 0 Å². The van der Waals surface area contributed by atoms with Crippen molar-refractivity contribution in [3.63, 3.8) is 0 Å². The maximum Gasteiger partial charge on any atom is -0.0163 e. The van der Waals surface area contributed by atoms with Gasteiger partial charge in [0.05, 0.1) is 0 Å². The maximum atomic E-state index is 2.59. The molecule has 0 amide bonds. The Balaban J connectivity index is 1.81. The molecule has 0 spiro atoms. The lowest BCUT2D eigenvalue weighted by Crippen LogP contribution is -2.23. The zero-order valence-electron chi connectivity index (χ0n) is 7.38. The molecule has 0 heteroatoms. The fraction of sp³-hybridized carbons (Fsp3) is 0.818. The van der Waals surface area contributed by atoms with Crippen LogP contribution in [0, 0.1) is 29.6 Å². The molecule has 0 saturated heterocycles. The Morgan fingerprint density at radius 2 is 2.27 bits per heavy atom. The summed E-state index contributed by atoms with van der Waals surface area (Å²) >= 11 is 0. The normalized spacial score (nSPS) is 57.6. The molecule has 2 saturated carbocycles. The van der Waals surface area contributed by atoms with Gasteiger partial charge in [0.15, 0.2) is 0 Å². The first kappa shape index (κ1) is 6.28. The van der Waals surface area contributed by atoms with Crippen molar-refractivity contribution in [1.29, 1.82) is 0 Å². The quantitative estimate of drug-likeness (QED) is 0.502. The van der Waals surface area contributed by atoms with Crippen LogP contribution < -0.4 is 0 Å². The summed E-state index contributed by atoms with van der Waals surface area (Å²) in [7, 11) is 0. The van der Waals surface area contributed by atoms with Crippen LogP contribution in [-0.2, 0) is 0 Å². The second-order valence-electron chi connectivity index (χ2n) is 4.64. The van der Waals surface area contributed by atoms with Crippen molar-refractivity contribution in [2.45, 2.75) is 26.7 Å². The third-order valence-corrected chi connectivity index (χ3v) is 4.33. The van der Waals surface area contributed by atoms with Crippen molar-refractivity contribution in [1.82, 2.24) is 0 Å². The summed E-state index contributed by atoms with van der Waals surface area (Å²) in [5, 5.41) is 0. The van der Waals surface area contributed by atoms with E-state index in [1.54, 1.807) is 5.57 Å². The lowest BCUT2D eigenvalue weighted by atomic mass is 9.76. The predicted molar refractivity (Wildman–Crippen MR) is 46.1 cm³/mol. The molecule has 3 rings (SSSR count). The van der Waals surface area contributed by atoms with Gasteiger partial charge in [-0.05, 0) is 42.4 Å². The molecule has 0 bridgehead atoms. The average Bonchev–Trinajstić information content (AvgIpc) is 2.42. The molecular weight excluding hydrogens is 132 g/mol. The molecule has 11 heavy (non-hydrogen) atoms. The van der Waals surface area contributed by atoms with Crippen LogP contribution >= 0.6 is 0 Å². The highest BCUT2D eigenvalue weighted by Gasteiger charge is 2.67. The smallest absolute Gasteiger partial charge is 0.0163 e. The molecule has 60 valence electrons. The van der Waals surface area contributed by atoms with Gasteiger partial charge in [-0.2, -0.15) is 0 Å². The first-order valence-corrected chi connectivity index (χ1v) is 5.02. The van der Waals surface area contributed by atoms with E-state index < -0.39 is 0 Å². The molecule has 0 nitrogen and oxygen atoms in total. The van der Waals surface area contributed by atoms with Gasteiger partial charge >= 0.3 is 0 Å². The predicted octanol–water partition coefficient (Wildman–Crippen LogP) is 2.85. The van der Waals surface area contributed by atoms with Crippen LogP contribution in [0.5, 0.6) is 0 Å². The number of fused-ring (bicyclic) bond motifs is 4. The maximum absolute atomic E-state index is 2.59. The second-order valence-corrected chi connectivity index (χ2v) is 4.64. The minimum Gasteiger partial charge on any atom is -0.0816 e. The standard InChI is InChI=1S/C11H16/c1-3-7-4-8-9(5-7)11-6(2)10(8)11/h4,6,8-11H,3,5H2,1-2H3. The van der Waals surface area contributed by atoms with E-state index >= 15 is 0 Å². The highest BCUT2D eigenvalue weighted by atomic mass is 14.7. The molecule has 0 radical (unpaired) electrons. The summed E-state index contributed by atoms with van der Waals surface area (Å²) in [6.45, 7) is 4.73. The van der Waals surface area contributed by atoms with E-state index in [2.05, 4.69) is 19.9 Å². The fourth-order valence-corrected chi connectivity index (χ4v) is 3.62. The average molecular weight is 148 g/mol. The van der Waals surface area contributed by atoms with Gasteiger partial charge in [0.1, 0.15) is 0 Å². The SMILES string of the molecule is CCC1=CC2C(C1)C1C(C)C21. The third-order valence-electron chi connectivity index (χ3n) is 4.33. The second kappa shape index (κ2) is 1.73. The van der Waals surface area contributed by atoms with Crippen LogP contribution in [-0.4, -0.2) is 0 Å². The first-order valence-electron chi connectivity index (χ1n) is 5.02. The van der Waals surface area contributed by atoms with E-state index in [1.807, 2.05) is 0 Å². The van der Waals surface area contributed by atoms with Gasteiger partial charge in [0.2, 0.25) is 0 Å². The summed E-state index contributed by atoms with van der Waals surface area (Å²) in [5.41, 5.74) is 1.75. The van der Waals surface area contributed by atoms with E-state index in [-0.39, 0.29) is 0 Å². The monoisotopic (exact) mass is 148 g/mol. The van der Waals surface area contributed by atoms with Crippen LogP contribution in [0.2, 0.25) is 0 Å². The highest BCUT2D eigenvalue weighted by Crippen LogP contribution is 2.72. The third kappa shape index (κ3) is 0.579. The zero-order valence-corrected chi connectivity index (χ0v) is 7.38. The van der Waals surface area contributed by atoms with Crippen molar-refractivity contribution in [3.8, 4) is 0 Å². The molecule has 0 aromatic carbocycles. The molecule has 2 fully saturated rings. The van der Waals surface area contributed by atoms with E-state index in [1.165, 1.54) is 12.8 Å². The molecule has 3 aliphatic carbocycles. The van der Waals surface area contributed by atoms with Crippen LogP contribution in [0.4, 0.5) is 0 Å². The largest absolute Gasteiger partial charge is 0.0816 e. The van der Waals surface area contributed by atoms with Gasteiger partial charge in [-0.15, -0.1) is 0 Å². The Labute approximate surface area is 68.7 Å². The summed E-state index contributed by atoms with van der Waals surface area (Å²) in [6, 6.07) is 0. The number of allylic oxidation sites excluding steroid dienone is 2. The van der Waals surface area contributed by atoms with Crippen molar-refractivity contribution in [3.05, 3.63) is 11.6 Å². The van der Waals surface area contributed by atoms with E-state index in [9.17, 15) is 0 Å².